The summed E-state index contributed by atoms with van der Waals surface area (Å²) in [5.41, 5.74) is 1.69. The van der Waals surface area contributed by atoms with Crippen LogP contribution in [0.2, 0.25) is 5.02 Å². The van der Waals surface area contributed by atoms with E-state index in [1.807, 2.05) is 55.5 Å². The number of aryl methyl sites for hydroxylation is 1. The summed E-state index contributed by atoms with van der Waals surface area (Å²) in [7, 11) is 0. The maximum Gasteiger partial charge on any atom is 0.277 e. The summed E-state index contributed by atoms with van der Waals surface area (Å²) in [5, 5.41) is 13.9. The second-order valence-corrected chi connectivity index (χ2v) is 7.89. The summed E-state index contributed by atoms with van der Waals surface area (Å²) in [6, 6.07) is 19.1. The van der Waals surface area contributed by atoms with E-state index in [9.17, 15) is 4.79 Å². The molecule has 30 heavy (non-hydrogen) atoms. The van der Waals surface area contributed by atoms with Gasteiger partial charge in [0.05, 0.1) is 5.75 Å². The number of aromatic nitrogens is 2. The minimum absolute atomic E-state index is 0.137. The molecule has 0 saturated heterocycles. The second-order valence-electron chi connectivity index (χ2n) is 6.52. The number of anilines is 1. The van der Waals surface area contributed by atoms with Crippen LogP contribution in [0.4, 0.5) is 5.69 Å². The van der Waals surface area contributed by atoms with Gasteiger partial charge in [-0.1, -0.05) is 59.8 Å². The molecule has 0 aliphatic rings. The number of rotatable bonds is 7. The highest BCUT2D eigenvalue weighted by atomic mass is 35.5. The average molecular weight is 440 g/mol. The molecule has 4 aromatic rings. The number of nitrogens with zero attached hydrogens (tertiary/aromatic N) is 2. The number of halogens is 1. The molecule has 1 heterocycles. The number of hydrogen-bond acceptors (Lipinski definition) is 6. The van der Waals surface area contributed by atoms with Gasteiger partial charge < -0.3 is 14.5 Å². The third-order valence-corrected chi connectivity index (χ3v) is 5.38. The molecule has 0 bridgehead atoms. The van der Waals surface area contributed by atoms with Crippen LogP contribution in [0.3, 0.4) is 0 Å². The van der Waals surface area contributed by atoms with Crippen molar-refractivity contribution in [3.63, 3.8) is 0 Å². The lowest BCUT2D eigenvalue weighted by Gasteiger charge is -2.08. The van der Waals surface area contributed by atoms with Gasteiger partial charge in [0.1, 0.15) is 5.75 Å². The predicted octanol–water partition coefficient (Wildman–Crippen LogP) is 5.49. The molecule has 0 unspecified atom stereocenters. The molecule has 3 aromatic carbocycles. The highest BCUT2D eigenvalue weighted by Crippen LogP contribution is 2.25. The Kier molecular flexibility index (Phi) is 6.21. The zero-order valence-corrected chi connectivity index (χ0v) is 17.7. The van der Waals surface area contributed by atoms with Crippen LogP contribution in [0.5, 0.6) is 5.75 Å². The van der Waals surface area contributed by atoms with Crippen molar-refractivity contribution in [3.8, 4) is 5.75 Å². The normalized spacial score (nSPS) is 10.9. The van der Waals surface area contributed by atoms with Crippen molar-refractivity contribution >= 4 is 45.7 Å². The van der Waals surface area contributed by atoms with Crippen LogP contribution < -0.4 is 10.1 Å². The van der Waals surface area contributed by atoms with E-state index in [-0.39, 0.29) is 18.3 Å². The lowest BCUT2D eigenvalue weighted by Crippen LogP contribution is -2.14. The Bertz CT molecular complexity index is 1190. The minimum atomic E-state index is -0.149. The highest BCUT2D eigenvalue weighted by Gasteiger charge is 2.12. The van der Waals surface area contributed by atoms with Crippen molar-refractivity contribution < 1.29 is 13.9 Å². The van der Waals surface area contributed by atoms with Gasteiger partial charge in [0.2, 0.25) is 5.91 Å². The van der Waals surface area contributed by atoms with Crippen LogP contribution in [-0.2, 0) is 11.4 Å². The Morgan fingerprint density at radius 2 is 1.97 bits per heavy atom. The van der Waals surface area contributed by atoms with Crippen molar-refractivity contribution in [3.05, 3.63) is 77.1 Å². The number of carbonyl (C=O) groups excluding carboxylic acids is 1. The molecule has 0 fully saturated rings. The fraction of sp³-hybridized carbons (Fsp3) is 0.136. The number of amides is 1. The molecule has 0 atom stereocenters. The summed E-state index contributed by atoms with van der Waals surface area (Å²) in [6.07, 6.45) is 0. The zero-order chi connectivity index (χ0) is 20.9. The first-order valence-corrected chi connectivity index (χ1v) is 10.6. The number of ether oxygens (including phenoxy) is 1. The molecule has 0 aliphatic carbocycles. The molecule has 0 radical (unpaired) electrons. The van der Waals surface area contributed by atoms with Crippen molar-refractivity contribution in [1.82, 2.24) is 10.2 Å². The second kappa shape index (κ2) is 9.19. The summed E-state index contributed by atoms with van der Waals surface area (Å²) < 4.78 is 11.2. The van der Waals surface area contributed by atoms with Crippen LogP contribution in [0, 0.1) is 6.92 Å². The van der Waals surface area contributed by atoms with Gasteiger partial charge in [-0.3, -0.25) is 4.79 Å². The average Bonchev–Trinajstić information content (AvgIpc) is 3.20. The molecule has 1 N–H and O–H groups in total. The SMILES string of the molecule is Cc1cc(Cl)ccc1OCc1nnc(SCC(=O)Nc2cccc3ccccc23)o1. The van der Waals surface area contributed by atoms with Crippen LogP contribution in [0.25, 0.3) is 10.8 Å². The lowest BCUT2D eigenvalue weighted by atomic mass is 10.1. The van der Waals surface area contributed by atoms with Crippen molar-refractivity contribution in [2.75, 3.05) is 11.1 Å². The van der Waals surface area contributed by atoms with Crippen LogP contribution in [0.15, 0.2) is 70.3 Å². The maximum absolute atomic E-state index is 12.4. The van der Waals surface area contributed by atoms with E-state index in [1.165, 1.54) is 11.8 Å². The molecule has 6 nitrogen and oxygen atoms in total. The largest absolute Gasteiger partial charge is 0.484 e. The molecule has 0 saturated carbocycles. The van der Waals surface area contributed by atoms with E-state index in [0.29, 0.717) is 21.9 Å². The molecular formula is C22H18ClN3O3S. The maximum atomic E-state index is 12.4. The van der Waals surface area contributed by atoms with Crippen molar-refractivity contribution in [1.29, 1.82) is 0 Å². The number of fused-ring (bicyclic) bond motifs is 1. The number of nitrogens with one attached hydrogen (secondary N) is 1. The number of hydrogen-bond donors (Lipinski definition) is 1. The van der Waals surface area contributed by atoms with Gasteiger partial charge in [-0.15, -0.1) is 10.2 Å². The van der Waals surface area contributed by atoms with Crippen LogP contribution in [-0.4, -0.2) is 21.9 Å². The zero-order valence-electron chi connectivity index (χ0n) is 16.1. The molecule has 1 aromatic heterocycles. The van der Waals surface area contributed by atoms with E-state index >= 15 is 0 Å². The fourth-order valence-electron chi connectivity index (χ4n) is 2.92. The molecule has 0 spiro atoms. The predicted molar refractivity (Wildman–Crippen MR) is 118 cm³/mol. The number of carbonyl (C=O) groups is 1. The third kappa shape index (κ3) is 4.93. The van der Waals surface area contributed by atoms with E-state index in [2.05, 4.69) is 15.5 Å². The highest BCUT2D eigenvalue weighted by molar-refractivity contribution is 7.99. The quantitative estimate of drug-likeness (QED) is 0.383. The van der Waals surface area contributed by atoms with Gasteiger partial charge in [-0.05, 0) is 42.1 Å². The lowest BCUT2D eigenvalue weighted by molar-refractivity contribution is -0.113. The molecule has 152 valence electrons. The third-order valence-electron chi connectivity index (χ3n) is 4.33. The molecule has 8 heteroatoms. The fourth-order valence-corrected chi connectivity index (χ4v) is 3.72. The van der Waals surface area contributed by atoms with Crippen molar-refractivity contribution in [2.45, 2.75) is 18.8 Å². The number of thioether (sulfide) groups is 1. The summed E-state index contributed by atoms with van der Waals surface area (Å²) in [6.45, 7) is 2.04. The topological polar surface area (TPSA) is 77.2 Å². The first-order valence-electron chi connectivity index (χ1n) is 9.20. The smallest absolute Gasteiger partial charge is 0.277 e. The Hall–Kier alpha value is -3.03. The van der Waals surface area contributed by atoms with E-state index in [0.717, 1.165) is 22.0 Å². The van der Waals surface area contributed by atoms with Gasteiger partial charge in [0.25, 0.3) is 11.1 Å². The summed E-state index contributed by atoms with van der Waals surface area (Å²) >= 11 is 7.12. The molecule has 1 amide bonds. The monoisotopic (exact) mass is 439 g/mol. The minimum Gasteiger partial charge on any atom is -0.484 e. The van der Waals surface area contributed by atoms with E-state index in [4.69, 9.17) is 20.8 Å². The van der Waals surface area contributed by atoms with E-state index in [1.54, 1.807) is 12.1 Å². The molecule has 0 aliphatic heterocycles. The van der Waals surface area contributed by atoms with Crippen LogP contribution >= 0.6 is 23.4 Å². The molecule has 4 rings (SSSR count). The van der Waals surface area contributed by atoms with Gasteiger partial charge in [0.15, 0.2) is 6.61 Å². The summed E-state index contributed by atoms with van der Waals surface area (Å²) in [4.78, 5) is 12.4. The Labute approximate surface area is 182 Å². The van der Waals surface area contributed by atoms with Gasteiger partial charge in [0, 0.05) is 16.1 Å². The van der Waals surface area contributed by atoms with Crippen LogP contribution in [0.1, 0.15) is 11.5 Å². The van der Waals surface area contributed by atoms with Gasteiger partial charge in [-0.25, -0.2) is 0 Å². The summed E-state index contributed by atoms with van der Waals surface area (Å²) in [5.74, 6) is 1.04. The van der Waals surface area contributed by atoms with Gasteiger partial charge in [-0.2, -0.15) is 0 Å². The number of benzene rings is 3. The van der Waals surface area contributed by atoms with Crippen molar-refractivity contribution in [2.24, 2.45) is 0 Å². The first kappa shape index (κ1) is 20.3. The standard InChI is InChI=1S/C22H18ClN3O3S/c1-14-11-16(23)9-10-19(14)28-12-21-25-26-22(29-21)30-13-20(27)24-18-8-4-6-15-5-2-3-7-17(15)18/h2-11H,12-13H2,1H3,(H,24,27). The molecular weight excluding hydrogens is 422 g/mol. The van der Waals surface area contributed by atoms with E-state index < -0.39 is 0 Å². The Morgan fingerprint density at radius 3 is 2.83 bits per heavy atom. The van der Waals surface area contributed by atoms with Gasteiger partial charge >= 0.3 is 0 Å². The Morgan fingerprint density at radius 1 is 1.13 bits per heavy atom. The first-order chi connectivity index (χ1) is 14.6. The Balaban J connectivity index is 1.31.